The molecule has 0 saturated carbocycles. The zero-order chi connectivity index (χ0) is 27.4. The number of rotatable bonds is 7. The average molecular weight is 545 g/mol. The van der Waals surface area contributed by atoms with Crippen LogP contribution in [0, 0.1) is 0 Å². The van der Waals surface area contributed by atoms with E-state index in [1.807, 2.05) is 48.5 Å². The molecule has 0 bridgehead atoms. The smallest absolute Gasteiger partial charge is 0.303 e. The second-order valence-corrected chi connectivity index (χ2v) is 9.97. The molecule has 0 aliphatic carbocycles. The SMILES string of the molecule is CC(=O)OC[C@H]1OC(SC2c3ccccc3Oc3ccccc32)[C@H](OC(C)=O)[C@@H](OC(C)=O)[C@H]1OC(C)=O. The summed E-state index contributed by atoms with van der Waals surface area (Å²) in [7, 11) is 0. The number of hydrogen-bond donors (Lipinski definition) is 0. The van der Waals surface area contributed by atoms with Crippen LogP contribution in [0.5, 0.6) is 11.5 Å². The van der Waals surface area contributed by atoms with Crippen molar-refractivity contribution in [3.05, 3.63) is 59.7 Å². The molecule has 10 nitrogen and oxygen atoms in total. The van der Waals surface area contributed by atoms with E-state index in [9.17, 15) is 19.2 Å². The van der Waals surface area contributed by atoms with Crippen LogP contribution in [-0.4, -0.2) is 60.3 Å². The van der Waals surface area contributed by atoms with Crippen molar-refractivity contribution in [1.29, 1.82) is 0 Å². The lowest BCUT2D eigenvalue weighted by molar-refractivity contribution is -0.237. The Kier molecular flexibility index (Phi) is 8.58. The molecular formula is C27H28O10S. The van der Waals surface area contributed by atoms with Crippen molar-refractivity contribution >= 4 is 35.6 Å². The van der Waals surface area contributed by atoms with Crippen LogP contribution < -0.4 is 4.74 Å². The molecular weight excluding hydrogens is 516 g/mol. The quantitative estimate of drug-likeness (QED) is 0.374. The molecule has 2 aliphatic heterocycles. The van der Waals surface area contributed by atoms with Crippen molar-refractivity contribution in [3.8, 4) is 11.5 Å². The maximum atomic E-state index is 12.2. The number of hydrogen-bond acceptors (Lipinski definition) is 11. The molecule has 2 aliphatic rings. The summed E-state index contributed by atoms with van der Waals surface area (Å²) < 4.78 is 34.2. The standard InChI is InChI=1S/C27H28O10S/c1-14(28)32-13-22-23(33-15(2)29)24(34-16(3)30)25(35-17(4)31)27(37-22)38-26-18-9-5-7-11-20(18)36-21-12-8-6-10-19(21)26/h5-12,22-27H,13H2,1-4H3/t22-,23+,24+,25-,27?/m1/s1. The molecule has 11 heteroatoms. The van der Waals surface area contributed by atoms with Gasteiger partial charge in [0.25, 0.3) is 0 Å². The van der Waals surface area contributed by atoms with E-state index in [-0.39, 0.29) is 11.9 Å². The van der Waals surface area contributed by atoms with E-state index in [4.69, 9.17) is 28.4 Å². The van der Waals surface area contributed by atoms with Gasteiger partial charge in [0, 0.05) is 38.8 Å². The van der Waals surface area contributed by atoms with Crippen LogP contribution in [0.4, 0.5) is 0 Å². The van der Waals surface area contributed by atoms with Gasteiger partial charge in [-0.15, -0.1) is 11.8 Å². The van der Waals surface area contributed by atoms with E-state index in [0.29, 0.717) is 11.5 Å². The normalized spacial score (nSPS) is 24.2. The highest BCUT2D eigenvalue weighted by Crippen LogP contribution is 2.52. The zero-order valence-corrected chi connectivity index (χ0v) is 22.1. The van der Waals surface area contributed by atoms with Crippen LogP contribution in [0.1, 0.15) is 44.1 Å². The van der Waals surface area contributed by atoms with Crippen molar-refractivity contribution in [2.24, 2.45) is 0 Å². The Morgan fingerprint density at radius 1 is 0.711 bits per heavy atom. The minimum Gasteiger partial charge on any atom is -0.463 e. The van der Waals surface area contributed by atoms with Gasteiger partial charge < -0.3 is 28.4 Å². The number of fused-ring (bicyclic) bond motifs is 2. The number of carbonyl (C=O) groups excluding carboxylic acids is 4. The molecule has 4 rings (SSSR count). The van der Waals surface area contributed by atoms with Crippen molar-refractivity contribution in [2.75, 3.05) is 6.61 Å². The lowest BCUT2D eigenvalue weighted by Crippen LogP contribution is -2.61. The summed E-state index contributed by atoms with van der Waals surface area (Å²) in [6, 6.07) is 15.1. The van der Waals surface area contributed by atoms with E-state index in [1.54, 1.807) is 0 Å². The van der Waals surface area contributed by atoms with E-state index in [1.165, 1.54) is 39.5 Å². The predicted molar refractivity (Wildman–Crippen MR) is 134 cm³/mol. The summed E-state index contributed by atoms with van der Waals surface area (Å²) in [6.07, 6.45) is -4.59. The van der Waals surface area contributed by atoms with Gasteiger partial charge in [-0.1, -0.05) is 36.4 Å². The molecule has 1 saturated heterocycles. The number of esters is 4. The summed E-state index contributed by atoms with van der Waals surface area (Å²) in [5, 5.41) is -0.322. The Balaban J connectivity index is 1.76. The van der Waals surface area contributed by atoms with Crippen LogP contribution in [0.3, 0.4) is 0 Å². The maximum absolute atomic E-state index is 12.2. The Morgan fingerprint density at radius 2 is 1.21 bits per heavy atom. The van der Waals surface area contributed by atoms with Crippen molar-refractivity contribution in [2.45, 2.75) is 62.8 Å². The van der Waals surface area contributed by atoms with Gasteiger partial charge in [-0.25, -0.2) is 0 Å². The summed E-state index contributed by atoms with van der Waals surface area (Å²) in [6.45, 7) is 4.55. The van der Waals surface area contributed by atoms with Crippen LogP contribution in [0.15, 0.2) is 48.5 Å². The molecule has 1 fully saturated rings. The van der Waals surface area contributed by atoms with E-state index in [0.717, 1.165) is 11.1 Å². The number of carbonyl (C=O) groups is 4. The first kappa shape index (κ1) is 27.5. The molecule has 38 heavy (non-hydrogen) atoms. The maximum Gasteiger partial charge on any atom is 0.303 e. The molecule has 2 aromatic carbocycles. The third-order valence-electron chi connectivity index (χ3n) is 5.84. The summed E-state index contributed by atoms with van der Waals surface area (Å²) in [5.41, 5.74) is 0.813. The van der Waals surface area contributed by atoms with Gasteiger partial charge in [0.15, 0.2) is 18.3 Å². The molecule has 0 amide bonds. The minimum atomic E-state index is -1.22. The third kappa shape index (κ3) is 6.28. The highest BCUT2D eigenvalue weighted by atomic mass is 32.2. The molecule has 202 valence electrons. The van der Waals surface area contributed by atoms with Crippen molar-refractivity contribution in [1.82, 2.24) is 0 Å². The molecule has 0 N–H and O–H groups in total. The molecule has 5 atom stereocenters. The number of benzene rings is 2. The van der Waals surface area contributed by atoms with E-state index >= 15 is 0 Å². The van der Waals surface area contributed by atoms with Crippen LogP contribution in [-0.2, 0) is 42.9 Å². The average Bonchev–Trinajstić information content (AvgIpc) is 2.85. The molecule has 0 aromatic heterocycles. The Bertz CT molecular complexity index is 1170. The van der Waals surface area contributed by atoms with Gasteiger partial charge in [-0.3, -0.25) is 19.2 Å². The Hall–Kier alpha value is -3.57. The topological polar surface area (TPSA) is 124 Å². The fourth-order valence-corrected chi connectivity index (χ4v) is 5.97. The van der Waals surface area contributed by atoms with Gasteiger partial charge in [-0.2, -0.15) is 0 Å². The summed E-state index contributed by atoms with van der Waals surface area (Å²) in [5.74, 6) is -1.25. The van der Waals surface area contributed by atoms with E-state index < -0.39 is 53.7 Å². The molecule has 0 radical (unpaired) electrons. The number of thioether (sulfide) groups is 1. The van der Waals surface area contributed by atoms with Gasteiger partial charge in [0.05, 0.1) is 5.25 Å². The first-order valence-corrected chi connectivity index (χ1v) is 12.9. The monoisotopic (exact) mass is 544 g/mol. The van der Waals surface area contributed by atoms with Crippen molar-refractivity contribution < 1.29 is 47.6 Å². The largest absolute Gasteiger partial charge is 0.463 e. The van der Waals surface area contributed by atoms with Crippen LogP contribution in [0.2, 0.25) is 0 Å². The summed E-state index contributed by atoms with van der Waals surface area (Å²) in [4.78, 5) is 47.9. The highest BCUT2D eigenvalue weighted by molar-refractivity contribution is 8.00. The van der Waals surface area contributed by atoms with Gasteiger partial charge in [0.2, 0.25) is 0 Å². The lowest BCUT2D eigenvalue weighted by atomic mass is 9.99. The molecule has 1 unspecified atom stereocenters. The first-order chi connectivity index (χ1) is 18.1. The molecule has 2 aromatic rings. The predicted octanol–water partition coefficient (Wildman–Crippen LogP) is 3.70. The number of ether oxygens (including phenoxy) is 6. The fourth-order valence-electron chi connectivity index (χ4n) is 4.45. The summed E-state index contributed by atoms with van der Waals surface area (Å²) >= 11 is 1.31. The first-order valence-electron chi connectivity index (χ1n) is 12.0. The highest BCUT2D eigenvalue weighted by Gasteiger charge is 2.53. The van der Waals surface area contributed by atoms with Crippen molar-refractivity contribution in [3.63, 3.8) is 0 Å². The van der Waals surface area contributed by atoms with E-state index in [2.05, 4.69) is 0 Å². The zero-order valence-electron chi connectivity index (χ0n) is 21.3. The van der Waals surface area contributed by atoms with Gasteiger partial charge in [-0.05, 0) is 12.1 Å². The Morgan fingerprint density at radius 3 is 1.74 bits per heavy atom. The third-order valence-corrected chi connectivity index (χ3v) is 7.27. The lowest BCUT2D eigenvalue weighted by Gasteiger charge is -2.45. The van der Waals surface area contributed by atoms with Gasteiger partial charge >= 0.3 is 23.9 Å². The van der Waals surface area contributed by atoms with Crippen LogP contribution in [0.25, 0.3) is 0 Å². The van der Waals surface area contributed by atoms with Gasteiger partial charge in [0.1, 0.15) is 29.6 Å². The second-order valence-electron chi connectivity index (χ2n) is 8.76. The molecule has 2 heterocycles. The molecule has 0 spiro atoms. The fraction of sp³-hybridized carbons (Fsp3) is 0.407. The minimum absolute atomic E-state index is 0.282. The Labute approximate surface area is 223 Å². The number of para-hydroxylation sites is 2. The van der Waals surface area contributed by atoms with Crippen LogP contribution >= 0.6 is 11.8 Å². The second kappa shape index (κ2) is 11.9.